The Labute approximate surface area is 136 Å². The van der Waals surface area contributed by atoms with Crippen molar-refractivity contribution in [2.45, 2.75) is 24.3 Å². The zero-order chi connectivity index (χ0) is 15.5. The van der Waals surface area contributed by atoms with E-state index in [2.05, 4.69) is 35.9 Å². The molecule has 0 radical (unpaired) electrons. The Morgan fingerprint density at radius 2 is 2.19 bits per heavy atom. The predicted octanol–water partition coefficient (Wildman–Crippen LogP) is 2.77. The Balaban J connectivity index is 2.36. The highest BCUT2D eigenvalue weighted by molar-refractivity contribution is 9.10. The van der Waals surface area contributed by atoms with Gasteiger partial charge in [0.15, 0.2) is 0 Å². The van der Waals surface area contributed by atoms with E-state index in [0.29, 0.717) is 16.7 Å². The van der Waals surface area contributed by atoms with Crippen LogP contribution in [0.1, 0.15) is 24.4 Å². The number of aromatic nitrogens is 2. The first-order chi connectivity index (χ1) is 9.97. The fourth-order valence-electron chi connectivity index (χ4n) is 1.78. The van der Waals surface area contributed by atoms with Crippen molar-refractivity contribution in [2.75, 3.05) is 12.4 Å². The van der Waals surface area contributed by atoms with Crippen LogP contribution in [0.4, 0.5) is 5.82 Å². The molecule has 1 unspecified atom stereocenters. The normalized spacial score (nSPS) is 13.1. The second-order valence-corrected chi connectivity index (χ2v) is 7.73. The van der Waals surface area contributed by atoms with E-state index in [4.69, 9.17) is 0 Å². The molecule has 21 heavy (non-hydrogen) atoms. The van der Waals surface area contributed by atoms with E-state index in [-0.39, 0.29) is 10.9 Å². The van der Waals surface area contributed by atoms with E-state index in [1.165, 1.54) is 17.4 Å². The molecule has 0 aliphatic rings. The molecule has 2 aromatic heterocycles. The monoisotopic (exact) mass is 390 g/mol. The number of hydrogen-bond acceptors (Lipinski definition) is 6. The number of pyridine rings is 1. The standard InChI is InChI=1S/C12H15BrN4O2S2/c1-3-9(12-15-4-5-20-12)17-21(18,19)10-6-8(13)7-16-11(10)14-2/h4-7,9,17H,3H2,1-2H3,(H,14,16). The van der Waals surface area contributed by atoms with Crippen molar-refractivity contribution in [3.63, 3.8) is 0 Å². The molecule has 0 saturated heterocycles. The summed E-state index contributed by atoms with van der Waals surface area (Å²) in [5, 5.41) is 5.36. The first kappa shape index (κ1) is 16.3. The Morgan fingerprint density at radius 3 is 2.76 bits per heavy atom. The van der Waals surface area contributed by atoms with Gasteiger partial charge < -0.3 is 5.32 Å². The fourth-order valence-corrected chi connectivity index (χ4v) is 4.58. The maximum Gasteiger partial charge on any atom is 0.244 e. The van der Waals surface area contributed by atoms with E-state index < -0.39 is 10.0 Å². The van der Waals surface area contributed by atoms with Crippen LogP contribution in [0.2, 0.25) is 0 Å². The molecule has 0 fully saturated rings. The van der Waals surface area contributed by atoms with Gasteiger partial charge in [0.25, 0.3) is 0 Å². The molecule has 0 aliphatic heterocycles. The number of thiazole rings is 1. The molecule has 0 spiro atoms. The molecule has 0 aliphatic carbocycles. The molecular formula is C12H15BrN4O2S2. The van der Waals surface area contributed by atoms with Crippen LogP contribution >= 0.6 is 27.3 Å². The summed E-state index contributed by atoms with van der Waals surface area (Å²) < 4.78 is 28.5. The van der Waals surface area contributed by atoms with Crippen molar-refractivity contribution in [2.24, 2.45) is 0 Å². The van der Waals surface area contributed by atoms with Crippen LogP contribution in [0.3, 0.4) is 0 Å². The van der Waals surface area contributed by atoms with Gasteiger partial charge in [0.1, 0.15) is 15.7 Å². The molecular weight excluding hydrogens is 376 g/mol. The van der Waals surface area contributed by atoms with E-state index in [0.717, 1.165) is 5.01 Å². The van der Waals surface area contributed by atoms with Crippen molar-refractivity contribution in [3.8, 4) is 0 Å². The van der Waals surface area contributed by atoms with Crippen LogP contribution in [0.25, 0.3) is 0 Å². The first-order valence-corrected chi connectivity index (χ1v) is 9.38. The molecule has 9 heteroatoms. The van der Waals surface area contributed by atoms with E-state index in [1.54, 1.807) is 19.4 Å². The van der Waals surface area contributed by atoms with Crippen molar-refractivity contribution >= 4 is 43.1 Å². The smallest absolute Gasteiger partial charge is 0.244 e. The topological polar surface area (TPSA) is 84.0 Å². The van der Waals surface area contributed by atoms with Gasteiger partial charge in [-0.15, -0.1) is 11.3 Å². The van der Waals surface area contributed by atoms with E-state index >= 15 is 0 Å². The Hall–Kier alpha value is -1.03. The number of nitrogens with one attached hydrogen (secondary N) is 2. The molecule has 114 valence electrons. The summed E-state index contributed by atoms with van der Waals surface area (Å²) >= 11 is 4.67. The Morgan fingerprint density at radius 1 is 1.43 bits per heavy atom. The van der Waals surface area contributed by atoms with Gasteiger partial charge in [0, 0.05) is 29.3 Å². The third-order valence-electron chi connectivity index (χ3n) is 2.80. The summed E-state index contributed by atoms with van der Waals surface area (Å²) in [4.78, 5) is 8.35. The Kier molecular flexibility index (Phi) is 5.31. The summed E-state index contributed by atoms with van der Waals surface area (Å²) in [6.07, 6.45) is 3.82. The highest BCUT2D eigenvalue weighted by atomic mass is 79.9. The van der Waals surface area contributed by atoms with Crippen molar-refractivity contribution in [1.82, 2.24) is 14.7 Å². The molecule has 0 amide bonds. The molecule has 0 saturated carbocycles. The highest BCUT2D eigenvalue weighted by Crippen LogP contribution is 2.26. The lowest BCUT2D eigenvalue weighted by atomic mass is 10.3. The van der Waals surface area contributed by atoms with Crippen molar-refractivity contribution in [1.29, 1.82) is 0 Å². The van der Waals surface area contributed by atoms with Gasteiger partial charge in [-0.2, -0.15) is 0 Å². The van der Waals surface area contributed by atoms with Crippen LogP contribution in [0, 0.1) is 0 Å². The molecule has 2 heterocycles. The fraction of sp³-hybridized carbons (Fsp3) is 0.333. The lowest BCUT2D eigenvalue weighted by Gasteiger charge is -2.16. The minimum absolute atomic E-state index is 0.106. The van der Waals surface area contributed by atoms with Crippen LogP contribution in [0.15, 0.2) is 33.2 Å². The summed E-state index contributed by atoms with van der Waals surface area (Å²) in [5.41, 5.74) is 0. The van der Waals surface area contributed by atoms with E-state index in [9.17, 15) is 8.42 Å². The van der Waals surface area contributed by atoms with Gasteiger partial charge in [0.05, 0.1) is 6.04 Å². The highest BCUT2D eigenvalue weighted by Gasteiger charge is 2.25. The molecule has 2 aromatic rings. The maximum absolute atomic E-state index is 12.6. The minimum atomic E-state index is -3.70. The van der Waals surface area contributed by atoms with Crippen molar-refractivity contribution in [3.05, 3.63) is 33.3 Å². The molecule has 1 atom stereocenters. The minimum Gasteiger partial charge on any atom is -0.372 e. The first-order valence-electron chi connectivity index (χ1n) is 6.23. The lowest BCUT2D eigenvalue weighted by Crippen LogP contribution is -2.29. The maximum atomic E-state index is 12.6. The second-order valence-electron chi connectivity index (χ2n) is 4.20. The van der Waals surface area contributed by atoms with Crippen LogP contribution in [-0.4, -0.2) is 25.4 Å². The average Bonchev–Trinajstić information content (AvgIpc) is 2.99. The van der Waals surface area contributed by atoms with Gasteiger partial charge in [-0.3, -0.25) is 0 Å². The number of sulfonamides is 1. The molecule has 6 nitrogen and oxygen atoms in total. The summed E-state index contributed by atoms with van der Waals surface area (Å²) in [5.74, 6) is 0.305. The second kappa shape index (κ2) is 6.82. The number of nitrogens with zero attached hydrogens (tertiary/aromatic N) is 2. The quantitative estimate of drug-likeness (QED) is 0.791. The molecule has 0 aromatic carbocycles. The van der Waals surface area contributed by atoms with Crippen LogP contribution in [-0.2, 0) is 10.0 Å². The zero-order valence-corrected chi connectivity index (χ0v) is 14.7. The number of halogens is 1. The summed E-state index contributed by atoms with van der Waals surface area (Å²) in [6.45, 7) is 1.91. The average molecular weight is 391 g/mol. The third-order valence-corrected chi connectivity index (χ3v) is 5.61. The van der Waals surface area contributed by atoms with Crippen molar-refractivity contribution < 1.29 is 8.42 Å². The Bertz CT molecular complexity index is 704. The van der Waals surface area contributed by atoms with Gasteiger partial charge in [-0.05, 0) is 28.4 Å². The number of hydrogen-bond donors (Lipinski definition) is 2. The zero-order valence-electron chi connectivity index (χ0n) is 11.5. The number of rotatable bonds is 6. The van der Waals surface area contributed by atoms with Gasteiger partial charge >= 0.3 is 0 Å². The predicted molar refractivity (Wildman–Crippen MR) is 87.0 cm³/mol. The van der Waals surface area contributed by atoms with Gasteiger partial charge in [-0.25, -0.2) is 23.1 Å². The van der Waals surface area contributed by atoms with Crippen LogP contribution < -0.4 is 10.0 Å². The van der Waals surface area contributed by atoms with E-state index in [1.807, 2.05) is 12.3 Å². The van der Waals surface area contributed by atoms with Crippen LogP contribution in [0.5, 0.6) is 0 Å². The largest absolute Gasteiger partial charge is 0.372 e. The summed E-state index contributed by atoms with van der Waals surface area (Å²) in [7, 11) is -2.07. The molecule has 2 N–H and O–H groups in total. The van der Waals surface area contributed by atoms with Gasteiger partial charge in [-0.1, -0.05) is 6.92 Å². The summed E-state index contributed by atoms with van der Waals surface area (Å²) in [6, 6.07) is 1.18. The third kappa shape index (κ3) is 3.79. The number of anilines is 1. The molecule has 0 bridgehead atoms. The van der Waals surface area contributed by atoms with Gasteiger partial charge in [0.2, 0.25) is 10.0 Å². The molecule has 2 rings (SSSR count). The SMILES string of the molecule is CCC(NS(=O)(=O)c1cc(Br)cnc1NC)c1nccs1. The lowest BCUT2D eigenvalue weighted by molar-refractivity contribution is 0.549.